The second-order valence-corrected chi connectivity index (χ2v) is 48.6. The van der Waals surface area contributed by atoms with Crippen molar-refractivity contribution >= 4 is 67.5 Å². The Bertz CT molecular complexity index is 5740. The van der Waals surface area contributed by atoms with Gasteiger partial charge in [0.25, 0.3) is 0 Å². The van der Waals surface area contributed by atoms with Crippen LogP contribution in [0.3, 0.4) is 0 Å². The largest absolute Gasteiger partial charge is 0.482 e. The molecule has 11 nitrogen and oxygen atoms in total. The van der Waals surface area contributed by atoms with Crippen molar-refractivity contribution in [2.45, 2.75) is 246 Å². The van der Waals surface area contributed by atoms with E-state index in [0.29, 0.717) is 52.8 Å². The zero-order valence-corrected chi connectivity index (χ0v) is 82.8. The lowest BCUT2D eigenvalue weighted by Gasteiger charge is -2.59. The third kappa shape index (κ3) is 21.6. The fraction of sp³-hybridized carbons (Fsp3) is 0.372. The van der Waals surface area contributed by atoms with Crippen LogP contribution in [0.4, 0.5) is 0 Å². The zero-order chi connectivity index (χ0) is 93.3. The Hall–Kier alpha value is -10.7. The molecule has 13 fully saturated rings. The third-order valence-corrected chi connectivity index (χ3v) is 40.5. The summed E-state index contributed by atoms with van der Waals surface area (Å²) in [6.45, 7) is 12.7. The minimum absolute atomic E-state index is 0.0357. The maximum absolute atomic E-state index is 13.0. The molecule has 12 aromatic rings. The van der Waals surface area contributed by atoms with E-state index in [-0.39, 0.29) is 110 Å². The quantitative estimate of drug-likeness (QED) is 0.0222. The molecule has 0 aliphatic heterocycles. The molecular formula is C121H130O11S4+4. The van der Waals surface area contributed by atoms with Crippen molar-refractivity contribution in [2.75, 3.05) is 19.8 Å². The van der Waals surface area contributed by atoms with Gasteiger partial charge in [-0.15, -0.1) is 0 Å². The van der Waals surface area contributed by atoms with Gasteiger partial charge in [-0.25, -0.2) is 14.4 Å². The van der Waals surface area contributed by atoms with Crippen LogP contribution in [0.1, 0.15) is 166 Å². The maximum Gasteiger partial charge on any atom is 0.344 e. The highest BCUT2D eigenvalue weighted by Crippen LogP contribution is 2.63. The van der Waals surface area contributed by atoms with E-state index >= 15 is 0 Å². The first-order valence-electron chi connectivity index (χ1n) is 49.8. The Morgan fingerprint density at radius 2 is 0.522 bits per heavy atom. The summed E-state index contributed by atoms with van der Waals surface area (Å²) in [6.07, 6.45) is 24.3. The van der Waals surface area contributed by atoms with E-state index in [1.807, 2.05) is 42.5 Å². The summed E-state index contributed by atoms with van der Waals surface area (Å²) in [4.78, 5) is 66.4. The molecule has 136 heavy (non-hydrogen) atoms. The van der Waals surface area contributed by atoms with Gasteiger partial charge < -0.3 is 33.2 Å². The van der Waals surface area contributed by atoms with Crippen LogP contribution in [-0.2, 0) is 77.0 Å². The molecule has 0 amide bonds. The van der Waals surface area contributed by atoms with Crippen molar-refractivity contribution in [3.8, 4) is 23.0 Å². The normalized spacial score (nSPS) is 25.5. The summed E-state index contributed by atoms with van der Waals surface area (Å²) in [7, 11) is -0.799. The SMILES string of the molecule is CC1(OC(=O)COc2ccc([S+](c3ccccc3)c3ccccc3)cc2)C2CC3CC(C2)CC1C3.Cc1cc(OCC(=O)OC2(C)C3CC4CC(C3)CC2C4)ccc1[S+](c1ccccc1)c1ccccc1.Cc1cc([S+](c2ccccc2)c2ccccc2)cc(C)c1OCC(=O)OC1(C)C2CC3CC(C2)CC1C3.O=C(Oc1ccc([S+](c2ccccc2)c2ccccc2)cc1)C1CCCCC1. The standard InChI is InChI=1S/C33H37O3S.C32H35O3S.C31H33O3S.C25H25O2S/c1-22-14-30(37(28-10-6-4-7-11-28)29-12-8-5-9-13-29)15-23(2)32(22)35-21-31(34)36-33(3)26-17-24-16-25(19-26)20-27(33)18-24;1-22-15-27(13-14-30(22)36(28-9-5-3-6-10-28)29-11-7-4-8-12-29)34-21-31(33)35-32(2)25-17-23-16-24(19-25)20-26(32)18-23;1-31(24-17-22-16-23(19-24)20-25(31)18-22)34-30(32)21-33-26-12-14-29(15-13-26)35(27-8-4-2-5-9-27)28-10-6-3-7-11-28;26-25(20-10-4-1-5-11-20)27-21-16-18-24(19-17-21)28(22-12-6-2-7-13-22)23-14-8-3-9-15-23/h4-15,24-27H,16-21H2,1-3H3;3-15,23-26H,16-21H2,1-2H3;2-15,22-25H,16-21H2,1H3;2-3,6-9,12-20H,1,4-5,10-11H2/q4*+1. The van der Waals surface area contributed by atoms with Crippen LogP contribution in [0, 0.1) is 97.7 Å². The first-order chi connectivity index (χ1) is 66.3. The Balaban J connectivity index is 0.000000117. The predicted octanol–water partition coefficient (Wildman–Crippen LogP) is 27.9. The van der Waals surface area contributed by atoms with Crippen LogP contribution < -0.4 is 18.9 Å². The highest BCUT2D eigenvalue weighted by Gasteiger charge is 2.60. The summed E-state index contributed by atoms with van der Waals surface area (Å²) < 4.78 is 42.2. The predicted molar refractivity (Wildman–Crippen MR) is 543 cm³/mol. The highest BCUT2D eigenvalue weighted by atomic mass is 32.2. The second kappa shape index (κ2) is 42.7. The van der Waals surface area contributed by atoms with E-state index in [4.69, 9.17) is 33.2 Å². The van der Waals surface area contributed by atoms with Crippen LogP contribution in [0.15, 0.2) is 380 Å². The maximum atomic E-state index is 13.0. The first-order valence-corrected chi connectivity index (χ1v) is 54.7. The molecule has 0 saturated heterocycles. The average Bonchev–Trinajstić information content (AvgIpc) is 0.738. The van der Waals surface area contributed by atoms with Gasteiger partial charge in [0, 0.05) is 17.7 Å². The summed E-state index contributed by atoms with van der Waals surface area (Å²) >= 11 is 0. The Morgan fingerprint density at radius 1 is 0.265 bits per heavy atom. The number of carbonyl (C=O) groups is 4. The van der Waals surface area contributed by atoms with Gasteiger partial charge >= 0.3 is 23.9 Å². The minimum atomic E-state index is -0.318. The molecule has 700 valence electrons. The molecule has 25 rings (SSSR count). The van der Waals surface area contributed by atoms with Crippen molar-refractivity contribution in [1.82, 2.24) is 0 Å². The molecule has 0 atom stereocenters. The average molecular weight is 1890 g/mol. The van der Waals surface area contributed by atoms with Crippen molar-refractivity contribution < 1.29 is 52.3 Å². The van der Waals surface area contributed by atoms with E-state index < -0.39 is 0 Å². The molecule has 0 radical (unpaired) electrons. The highest BCUT2D eigenvalue weighted by molar-refractivity contribution is 7.98. The molecule has 0 unspecified atom stereocenters. The molecule has 13 aliphatic rings. The van der Waals surface area contributed by atoms with E-state index in [9.17, 15) is 19.2 Å². The number of hydrogen-bond acceptors (Lipinski definition) is 11. The van der Waals surface area contributed by atoms with Crippen molar-refractivity contribution in [3.63, 3.8) is 0 Å². The van der Waals surface area contributed by atoms with Gasteiger partial charge in [0.15, 0.2) is 78.6 Å². The number of benzene rings is 12. The fourth-order valence-electron chi connectivity index (χ4n) is 25.2. The topological polar surface area (TPSA) is 133 Å². The van der Waals surface area contributed by atoms with Crippen molar-refractivity contribution in [2.24, 2.45) is 76.9 Å². The minimum Gasteiger partial charge on any atom is -0.482 e. The Kier molecular flexibility index (Phi) is 29.6. The van der Waals surface area contributed by atoms with E-state index in [2.05, 4.69) is 321 Å². The molecule has 15 heteroatoms. The van der Waals surface area contributed by atoms with Crippen LogP contribution >= 0.6 is 0 Å². The van der Waals surface area contributed by atoms with Gasteiger partial charge in [-0.3, -0.25) is 4.79 Å². The van der Waals surface area contributed by atoms with Gasteiger partial charge in [0.2, 0.25) is 0 Å². The molecule has 13 saturated carbocycles. The molecule has 12 bridgehead atoms. The summed E-state index contributed by atoms with van der Waals surface area (Å²) in [5, 5.41) is 0. The van der Waals surface area contributed by atoms with Gasteiger partial charge in [-0.05, 0) is 397 Å². The number of rotatable bonds is 26. The van der Waals surface area contributed by atoms with Gasteiger partial charge in [0.1, 0.15) is 39.8 Å². The van der Waals surface area contributed by atoms with E-state index in [0.717, 1.165) is 83.6 Å². The smallest absolute Gasteiger partial charge is 0.344 e. The van der Waals surface area contributed by atoms with Gasteiger partial charge in [-0.1, -0.05) is 165 Å². The molecule has 0 spiro atoms. The lowest BCUT2D eigenvalue weighted by atomic mass is 9.50. The van der Waals surface area contributed by atoms with Crippen molar-refractivity contribution in [1.29, 1.82) is 0 Å². The lowest BCUT2D eigenvalue weighted by Crippen LogP contribution is -2.58. The molecule has 0 aromatic heterocycles. The number of esters is 4. The number of aryl methyl sites for hydroxylation is 3. The fourth-order valence-corrected chi connectivity index (χ4v) is 33.9. The molecule has 12 aromatic carbocycles. The molecule has 13 aliphatic carbocycles. The summed E-state index contributed by atoms with van der Waals surface area (Å²) in [5.41, 5.74) is 2.32. The van der Waals surface area contributed by atoms with Gasteiger partial charge in [0.05, 0.1) is 49.5 Å². The molecular weight excluding hydrogens is 1760 g/mol. The third-order valence-electron chi connectivity index (χ3n) is 31.5. The lowest BCUT2D eigenvalue weighted by molar-refractivity contribution is -0.205. The number of carbonyl (C=O) groups excluding carboxylic acids is 4. The zero-order valence-electron chi connectivity index (χ0n) is 79.5. The van der Waals surface area contributed by atoms with E-state index in [1.165, 1.54) is 161 Å². The van der Waals surface area contributed by atoms with Crippen LogP contribution in [0.2, 0.25) is 0 Å². The van der Waals surface area contributed by atoms with Crippen LogP contribution in [0.25, 0.3) is 0 Å². The summed E-state index contributed by atoms with van der Waals surface area (Å²) in [6, 6.07) is 112. The monoisotopic (exact) mass is 1890 g/mol. The van der Waals surface area contributed by atoms with Gasteiger partial charge in [-0.2, -0.15) is 0 Å². The van der Waals surface area contributed by atoms with Crippen LogP contribution in [-0.4, -0.2) is 60.5 Å². The van der Waals surface area contributed by atoms with Crippen LogP contribution in [0.5, 0.6) is 23.0 Å². The Labute approximate surface area is 817 Å². The first kappa shape index (κ1) is 94.3. The second-order valence-electron chi connectivity index (χ2n) is 40.5. The molecule has 0 heterocycles. The summed E-state index contributed by atoms with van der Waals surface area (Å²) in [5.74, 6) is 10.4. The molecule has 0 N–H and O–H groups in total. The Morgan fingerprint density at radius 3 is 0.824 bits per heavy atom. The number of hydrogen-bond donors (Lipinski definition) is 0. The number of ether oxygens (including phenoxy) is 7. The van der Waals surface area contributed by atoms with E-state index in [1.54, 1.807) is 0 Å². The van der Waals surface area contributed by atoms with Crippen molar-refractivity contribution in [3.05, 3.63) is 338 Å².